The van der Waals surface area contributed by atoms with Crippen molar-refractivity contribution in [1.29, 1.82) is 0 Å². The van der Waals surface area contributed by atoms with Crippen LogP contribution in [0.1, 0.15) is 23.2 Å². The first-order chi connectivity index (χ1) is 10.9. The second-order valence-corrected chi connectivity index (χ2v) is 7.64. The molecule has 0 saturated carbocycles. The molecule has 2 N–H and O–H groups in total. The molecule has 7 nitrogen and oxygen atoms in total. The average molecular weight is 355 g/mol. The molecule has 0 radical (unpaired) electrons. The summed E-state index contributed by atoms with van der Waals surface area (Å²) < 4.78 is 26.4. The molecule has 23 heavy (non-hydrogen) atoms. The number of carbonyl (C=O) groups is 1. The number of aromatic nitrogens is 3. The molecule has 1 amide bonds. The summed E-state index contributed by atoms with van der Waals surface area (Å²) in [7, 11) is -3.77. The number of sulfonamides is 1. The first-order valence-corrected chi connectivity index (χ1v) is 9.12. The number of carbonyl (C=O) groups excluding carboxylic acids is 1. The fourth-order valence-corrected chi connectivity index (χ4v) is 3.88. The van der Waals surface area contributed by atoms with Crippen LogP contribution in [0.4, 0.5) is 0 Å². The largest absolute Gasteiger partial charge is 0.282 e. The Morgan fingerprint density at radius 2 is 2.22 bits per heavy atom. The minimum absolute atomic E-state index is 0.285. The predicted molar refractivity (Wildman–Crippen MR) is 84.1 cm³/mol. The van der Waals surface area contributed by atoms with Gasteiger partial charge in [-0.3, -0.25) is 14.6 Å². The summed E-state index contributed by atoms with van der Waals surface area (Å²) in [5.74, 6) is -1.17. The molecule has 0 unspecified atom stereocenters. The van der Waals surface area contributed by atoms with Crippen molar-refractivity contribution in [2.75, 3.05) is 0 Å². The maximum atomic E-state index is 12.2. The molecule has 2 aromatic rings. The minimum Gasteiger partial charge on any atom is -0.282 e. The van der Waals surface area contributed by atoms with Crippen molar-refractivity contribution in [3.63, 3.8) is 0 Å². The number of amides is 1. The second-order valence-electron chi connectivity index (χ2n) is 5.53. The van der Waals surface area contributed by atoms with E-state index in [0.717, 1.165) is 11.3 Å². The number of rotatable bonds is 4. The van der Waals surface area contributed by atoms with Gasteiger partial charge in [0.25, 0.3) is 0 Å². The van der Waals surface area contributed by atoms with Crippen LogP contribution in [0.5, 0.6) is 0 Å². The van der Waals surface area contributed by atoms with Crippen molar-refractivity contribution in [3.8, 4) is 0 Å². The van der Waals surface area contributed by atoms with Gasteiger partial charge in [-0.15, -0.1) is 0 Å². The van der Waals surface area contributed by atoms with E-state index in [-0.39, 0.29) is 16.8 Å². The lowest BCUT2D eigenvalue weighted by molar-refractivity contribution is -0.123. The van der Waals surface area contributed by atoms with E-state index in [2.05, 4.69) is 19.9 Å². The van der Waals surface area contributed by atoms with Crippen molar-refractivity contribution in [2.24, 2.45) is 5.92 Å². The van der Waals surface area contributed by atoms with Crippen LogP contribution in [0.2, 0.25) is 5.15 Å². The first-order valence-electron chi connectivity index (χ1n) is 7.09. The molecule has 2 aromatic heterocycles. The second kappa shape index (κ2) is 6.29. The number of pyridine rings is 1. The third-order valence-corrected chi connectivity index (χ3v) is 5.24. The van der Waals surface area contributed by atoms with Crippen LogP contribution in [-0.4, -0.2) is 29.5 Å². The Morgan fingerprint density at radius 1 is 1.39 bits per heavy atom. The molecule has 0 bridgehead atoms. The molecule has 0 fully saturated rings. The molecule has 1 aliphatic carbocycles. The monoisotopic (exact) mass is 354 g/mol. The molecule has 0 aliphatic heterocycles. The maximum Gasteiger partial charge on any atom is 0.239 e. The summed E-state index contributed by atoms with van der Waals surface area (Å²) in [5.41, 5.74) is 2.45. The summed E-state index contributed by atoms with van der Waals surface area (Å²) in [6, 6.07) is 3.08. The summed E-state index contributed by atoms with van der Waals surface area (Å²) in [6.45, 7) is 0. The van der Waals surface area contributed by atoms with Gasteiger partial charge in [0.1, 0.15) is 5.15 Å². The van der Waals surface area contributed by atoms with Crippen molar-refractivity contribution in [1.82, 2.24) is 19.9 Å². The van der Waals surface area contributed by atoms with Gasteiger partial charge in [-0.25, -0.2) is 13.4 Å². The average Bonchev–Trinajstić information content (AvgIpc) is 2.96. The van der Waals surface area contributed by atoms with Gasteiger partial charge >= 0.3 is 0 Å². The van der Waals surface area contributed by atoms with Crippen molar-refractivity contribution >= 4 is 27.5 Å². The van der Waals surface area contributed by atoms with Gasteiger partial charge in [-0.1, -0.05) is 17.7 Å². The molecule has 0 spiro atoms. The zero-order chi connectivity index (χ0) is 16.4. The Bertz CT molecular complexity index is 817. The number of hydrogen-bond acceptors (Lipinski definition) is 5. The Kier molecular flexibility index (Phi) is 4.36. The molecule has 1 aliphatic rings. The minimum atomic E-state index is -3.77. The Balaban J connectivity index is 1.64. The van der Waals surface area contributed by atoms with Gasteiger partial charge in [0.05, 0.1) is 11.9 Å². The highest BCUT2D eigenvalue weighted by Crippen LogP contribution is 2.24. The van der Waals surface area contributed by atoms with Gasteiger partial charge in [0, 0.05) is 24.2 Å². The lowest BCUT2D eigenvalue weighted by Gasteiger charge is -2.20. The zero-order valence-electron chi connectivity index (χ0n) is 12.1. The van der Waals surface area contributed by atoms with Crippen LogP contribution in [0, 0.1) is 5.92 Å². The van der Waals surface area contributed by atoms with E-state index in [0.29, 0.717) is 24.8 Å². The molecule has 9 heteroatoms. The smallest absolute Gasteiger partial charge is 0.239 e. The number of aryl methyl sites for hydroxylation is 1. The quantitative estimate of drug-likeness (QED) is 0.803. The highest BCUT2D eigenvalue weighted by atomic mass is 35.5. The molecule has 0 aromatic carbocycles. The Morgan fingerprint density at radius 3 is 2.96 bits per heavy atom. The molecule has 0 saturated heterocycles. The van der Waals surface area contributed by atoms with Crippen LogP contribution in [0.3, 0.4) is 0 Å². The topological polar surface area (TPSA) is 105 Å². The Labute approximate surface area is 138 Å². The maximum absolute atomic E-state index is 12.2. The van der Waals surface area contributed by atoms with Gasteiger partial charge < -0.3 is 0 Å². The van der Waals surface area contributed by atoms with Crippen LogP contribution in [-0.2, 0) is 33.4 Å². The summed E-state index contributed by atoms with van der Waals surface area (Å²) in [6.07, 6.45) is 4.91. The Hall–Kier alpha value is -1.93. The van der Waals surface area contributed by atoms with Gasteiger partial charge in [0.2, 0.25) is 15.9 Å². The lowest BCUT2D eigenvalue weighted by Crippen LogP contribution is -2.38. The van der Waals surface area contributed by atoms with Crippen molar-refractivity contribution in [2.45, 2.75) is 25.0 Å². The number of nitrogens with zero attached hydrogens (tertiary/aromatic N) is 2. The van der Waals surface area contributed by atoms with Crippen LogP contribution in [0.15, 0.2) is 24.5 Å². The fourth-order valence-electron chi connectivity index (χ4n) is 2.62. The summed E-state index contributed by atoms with van der Waals surface area (Å²) in [4.78, 5) is 16.1. The molecular weight excluding hydrogens is 340 g/mol. The van der Waals surface area contributed by atoms with Gasteiger partial charge in [-0.2, -0.15) is 5.10 Å². The number of halogens is 1. The van der Waals surface area contributed by atoms with E-state index in [9.17, 15) is 13.2 Å². The number of hydrogen-bond donors (Lipinski definition) is 2. The van der Waals surface area contributed by atoms with E-state index < -0.39 is 15.9 Å². The molecule has 122 valence electrons. The van der Waals surface area contributed by atoms with Gasteiger partial charge in [0.15, 0.2) is 0 Å². The fraction of sp³-hybridized carbons (Fsp3) is 0.357. The van der Waals surface area contributed by atoms with E-state index in [1.165, 1.54) is 12.3 Å². The standard InChI is InChI=1S/C14H15ClN4O3S/c15-13-4-1-9(6-16-13)8-23(21,22)19-14(20)10-2-3-11-7-17-18-12(11)5-10/h1,4,6-7,10H,2-3,5,8H2,(H,17,18)(H,19,20)/t10-/m1/s1. The highest BCUT2D eigenvalue weighted by molar-refractivity contribution is 7.89. The first kappa shape index (κ1) is 15.9. The normalized spacial score (nSPS) is 17.5. The molecule has 3 rings (SSSR count). The molecular formula is C14H15ClN4O3S. The van der Waals surface area contributed by atoms with Crippen molar-refractivity contribution in [3.05, 3.63) is 46.5 Å². The zero-order valence-corrected chi connectivity index (χ0v) is 13.7. The highest BCUT2D eigenvalue weighted by Gasteiger charge is 2.28. The van der Waals surface area contributed by atoms with Gasteiger partial charge in [-0.05, 0) is 30.0 Å². The lowest BCUT2D eigenvalue weighted by atomic mass is 9.88. The van der Waals surface area contributed by atoms with E-state index in [1.54, 1.807) is 12.3 Å². The van der Waals surface area contributed by atoms with E-state index in [4.69, 9.17) is 11.6 Å². The van der Waals surface area contributed by atoms with E-state index >= 15 is 0 Å². The number of aromatic amines is 1. The van der Waals surface area contributed by atoms with Crippen LogP contribution < -0.4 is 4.72 Å². The summed E-state index contributed by atoms with van der Waals surface area (Å²) in [5, 5.41) is 7.08. The predicted octanol–water partition coefficient (Wildman–Crippen LogP) is 1.21. The third-order valence-electron chi connectivity index (χ3n) is 3.79. The summed E-state index contributed by atoms with van der Waals surface area (Å²) >= 11 is 5.66. The molecule has 2 heterocycles. The number of fused-ring (bicyclic) bond motifs is 1. The molecule has 1 atom stereocenters. The third kappa shape index (κ3) is 3.89. The van der Waals surface area contributed by atoms with Crippen molar-refractivity contribution < 1.29 is 13.2 Å². The van der Waals surface area contributed by atoms with Crippen LogP contribution >= 0.6 is 11.6 Å². The van der Waals surface area contributed by atoms with Crippen LogP contribution in [0.25, 0.3) is 0 Å². The number of nitrogens with one attached hydrogen (secondary N) is 2. The SMILES string of the molecule is O=C(NS(=O)(=O)Cc1ccc(Cl)nc1)[C@@H]1CCc2cn[nH]c2C1. The number of H-pyrrole nitrogens is 1. The van der Waals surface area contributed by atoms with E-state index in [1.807, 2.05) is 0 Å².